The number of carbonyl (C=O) groups excluding carboxylic acids is 1. The summed E-state index contributed by atoms with van der Waals surface area (Å²) in [5, 5.41) is 9.17. The molecule has 0 aromatic heterocycles. The Bertz CT molecular complexity index is 917. The zero-order valence-corrected chi connectivity index (χ0v) is 17.5. The number of carboxylic acid groups (broad SMARTS) is 1. The third-order valence-electron chi connectivity index (χ3n) is 5.43. The molecule has 1 aliphatic heterocycles. The molecular weight excluding hydrogens is 380 g/mol. The summed E-state index contributed by atoms with van der Waals surface area (Å²) in [5.74, 6) is -0.275. The Hall–Kier alpha value is -3.28. The first-order valence-electron chi connectivity index (χ1n) is 10.1. The molecule has 3 rings (SSSR count). The van der Waals surface area contributed by atoms with Crippen LogP contribution in [-0.2, 0) is 16.1 Å². The summed E-state index contributed by atoms with van der Waals surface area (Å²) in [6.45, 7) is 1.97. The lowest BCUT2D eigenvalue weighted by atomic mass is 9.96. The van der Waals surface area contributed by atoms with Crippen molar-refractivity contribution in [3.63, 3.8) is 0 Å². The highest BCUT2D eigenvalue weighted by Crippen LogP contribution is 2.24. The predicted octanol–water partition coefficient (Wildman–Crippen LogP) is 3.67. The number of amides is 1. The molecule has 0 saturated carbocycles. The molecule has 30 heavy (non-hydrogen) atoms. The minimum atomic E-state index is -0.703. The van der Waals surface area contributed by atoms with Crippen molar-refractivity contribution in [2.45, 2.75) is 19.4 Å². The van der Waals surface area contributed by atoms with E-state index in [9.17, 15) is 9.59 Å². The molecule has 0 bridgehead atoms. The van der Waals surface area contributed by atoms with E-state index in [4.69, 9.17) is 9.84 Å². The van der Waals surface area contributed by atoms with Crippen molar-refractivity contribution in [3.05, 3.63) is 65.7 Å². The van der Waals surface area contributed by atoms with Gasteiger partial charge in [-0.15, -0.1) is 0 Å². The summed E-state index contributed by atoms with van der Waals surface area (Å²) in [4.78, 5) is 27.5. The molecule has 2 aromatic rings. The van der Waals surface area contributed by atoms with E-state index in [-0.39, 0.29) is 11.8 Å². The highest BCUT2D eigenvalue weighted by Gasteiger charge is 2.24. The van der Waals surface area contributed by atoms with Gasteiger partial charge in [0.1, 0.15) is 5.75 Å². The molecule has 2 aromatic carbocycles. The summed E-state index contributed by atoms with van der Waals surface area (Å²) < 4.78 is 5.20. The fourth-order valence-electron chi connectivity index (χ4n) is 3.63. The lowest BCUT2D eigenvalue weighted by Crippen LogP contribution is -2.36. The SMILES string of the molecule is COc1cccc(/C=C/C(=O)N(C)Cc2cccc(N3CCC(C(=O)O)CC3)c2)c1. The van der Waals surface area contributed by atoms with Crippen molar-refractivity contribution in [2.75, 3.05) is 32.1 Å². The molecule has 0 aliphatic carbocycles. The van der Waals surface area contributed by atoms with E-state index in [2.05, 4.69) is 11.0 Å². The lowest BCUT2D eigenvalue weighted by molar-refractivity contribution is -0.142. The van der Waals surface area contributed by atoms with Gasteiger partial charge in [0.2, 0.25) is 5.91 Å². The van der Waals surface area contributed by atoms with Crippen LogP contribution in [0.15, 0.2) is 54.6 Å². The zero-order chi connectivity index (χ0) is 21.5. The van der Waals surface area contributed by atoms with E-state index in [0.29, 0.717) is 19.4 Å². The van der Waals surface area contributed by atoms with Crippen LogP contribution in [0, 0.1) is 5.92 Å². The number of carboxylic acids is 1. The van der Waals surface area contributed by atoms with Crippen LogP contribution in [0.4, 0.5) is 5.69 Å². The summed E-state index contributed by atoms with van der Waals surface area (Å²) in [7, 11) is 3.40. The van der Waals surface area contributed by atoms with Gasteiger partial charge in [-0.1, -0.05) is 24.3 Å². The second-order valence-corrected chi connectivity index (χ2v) is 7.57. The number of carbonyl (C=O) groups is 2. The molecule has 1 N–H and O–H groups in total. The number of methoxy groups -OCH3 is 1. The van der Waals surface area contributed by atoms with E-state index in [1.54, 1.807) is 31.2 Å². The van der Waals surface area contributed by atoms with Gasteiger partial charge in [-0.05, 0) is 54.3 Å². The van der Waals surface area contributed by atoms with Crippen molar-refractivity contribution in [1.82, 2.24) is 4.90 Å². The van der Waals surface area contributed by atoms with Gasteiger partial charge < -0.3 is 19.6 Å². The summed E-state index contributed by atoms with van der Waals surface area (Å²) in [6, 6.07) is 15.6. The Kier molecular flexibility index (Phi) is 7.12. The standard InChI is InChI=1S/C24H28N2O4/c1-25(23(27)10-9-18-5-4-8-22(16-18)30-2)17-19-6-3-7-21(15-19)26-13-11-20(12-14-26)24(28)29/h3-10,15-16,20H,11-14,17H2,1-2H3,(H,28,29)/b10-9+. The number of ether oxygens (including phenoxy) is 1. The third-order valence-corrected chi connectivity index (χ3v) is 5.43. The number of hydrogen-bond donors (Lipinski definition) is 1. The average Bonchev–Trinajstić information content (AvgIpc) is 2.77. The van der Waals surface area contributed by atoms with E-state index >= 15 is 0 Å². The van der Waals surface area contributed by atoms with Gasteiger partial charge in [-0.3, -0.25) is 9.59 Å². The number of piperidine rings is 1. The number of nitrogens with zero attached hydrogens (tertiary/aromatic N) is 2. The predicted molar refractivity (Wildman–Crippen MR) is 118 cm³/mol. The highest BCUT2D eigenvalue weighted by molar-refractivity contribution is 5.91. The fraction of sp³-hybridized carbons (Fsp3) is 0.333. The van der Waals surface area contributed by atoms with E-state index < -0.39 is 5.97 Å². The second kappa shape index (κ2) is 9.96. The van der Waals surface area contributed by atoms with Gasteiger partial charge in [0, 0.05) is 38.4 Å². The maximum absolute atomic E-state index is 12.5. The fourth-order valence-corrected chi connectivity index (χ4v) is 3.63. The normalized spacial score (nSPS) is 14.7. The Morgan fingerprint density at radius 2 is 1.90 bits per heavy atom. The van der Waals surface area contributed by atoms with Gasteiger partial charge >= 0.3 is 5.97 Å². The first-order valence-corrected chi connectivity index (χ1v) is 10.1. The zero-order valence-electron chi connectivity index (χ0n) is 17.5. The number of hydrogen-bond acceptors (Lipinski definition) is 4. The van der Waals surface area contributed by atoms with Crippen molar-refractivity contribution >= 4 is 23.6 Å². The van der Waals surface area contributed by atoms with Crippen LogP contribution in [0.2, 0.25) is 0 Å². The summed E-state index contributed by atoms with van der Waals surface area (Å²) in [5.41, 5.74) is 3.02. The Morgan fingerprint density at radius 3 is 2.60 bits per heavy atom. The smallest absolute Gasteiger partial charge is 0.306 e. The number of likely N-dealkylation sites (N-methyl/N-ethyl adjacent to an activating group) is 1. The second-order valence-electron chi connectivity index (χ2n) is 7.57. The lowest BCUT2D eigenvalue weighted by Gasteiger charge is -2.32. The van der Waals surface area contributed by atoms with Crippen LogP contribution >= 0.6 is 0 Å². The topological polar surface area (TPSA) is 70.1 Å². The molecule has 158 valence electrons. The molecule has 0 radical (unpaired) electrons. The minimum Gasteiger partial charge on any atom is -0.497 e. The van der Waals surface area contributed by atoms with Crippen LogP contribution in [-0.4, -0.2) is 49.1 Å². The molecule has 0 spiro atoms. The van der Waals surface area contributed by atoms with Crippen molar-refractivity contribution in [1.29, 1.82) is 0 Å². The molecule has 6 nitrogen and oxygen atoms in total. The molecule has 1 heterocycles. The quantitative estimate of drug-likeness (QED) is 0.708. The molecule has 1 fully saturated rings. The molecule has 0 atom stereocenters. The van der Waals surface area contributed by atoms with Gasteiger partial charge in [0.05, 0.1) is 13.0 Å². The first kappa shape index (κ1) is 21.4. The first-order chi connectivity index (χ1) is 14.5. The molecule has 1 amide bonds. The maximum Gasteiger partial charge on any atom is 0.306 e. The Balaban J connectivity index is 1.59. The Morgan fingerprint density at radius 1 is 1.17 bits per heavy atom. The summed E-state index contributed by atoms with van der Waals surface area (Å²) in [6.07, 6.45) is 4.67. The van der Waals surface area contributed by atoms with Gasteiger partial charge in [-0.2, -0.15) is 0 Å². The molecule has 1 saturated heterocycles. The number of benzene rings is 2. The number of rotatable bonds is 7. The van der Waals surface area contributed by atoms with Crippen LogP contribution in [0.1, 0.15) is 24.0 Å². The number of aliphatic carboxylic acids is 1. The van der Waals surface area contributed by atoms with Crippen molar-refractivity contribution in [2.24, 2.45) is 5.92 Å². The summed E-state index contributed by atoms with van der Waals surface area (Å²) >= 11 is 0. The monoisotopic (exact) mass is 408 g/mol. The van der Waals surface area contributed by atoms with Gasteiger partial charge in [0.25, 0.3) is 0 Å². The van der Waals surface area contributed by atoms with Gasteiger partial charge in [0.15, 0.2) is 0 Å². The third kappa shape index (κ3) is 5.63. The van der Waals surface area contributed by atoms with Crippen LogP contribution in [0.25, 0.3) is 6.08 Å². The van der Waals surface area contributed by atoms with E-state index in [1.165, 1.54) is 0 Å². The largest absolute Gasteiger partial charge is 0.497 e. The van der Waals surface area contributed by atoms with Crippen molar-refractivity contribution in [3.8, 4) is 5.75 Å². The molecule has 0 unspecified atom stereocenters. The highest BCUT2D eigenvalue weighted by atomic mass is 16.5. The number of anilines is 1. The van der Waals surface area contributed by atoms with Gasteiger partial charge in [-0.25, -0.2) is 0 Å². The van der Waals surface area contributed by atoms with E-state index in [1.807, 2.05) is 42.5 Å². The maximum atomic E-state index is 12.5. The van der Waals surface area contributed by atoms with E-state index in [0.717, 1.165) is 35.7 Å². The molecular formula is C24H28N2O4. The molecule has 6 heteroatoms. The van der Waals surface area contributed by atoms with Crippen LogP contribution in [0.5, 0.6) is 5.75 Å². The van der Waals surface area contributed by atoms with Crippen LogP contribution in [0.3, 0.4) is 0 Å². The Labute approximate surface area is 177 Å². The average molecular weight is 408 g/mol. The van der Waals surface area contributed by atoms with Crippen LogP contribution < -0.4 is 9.64 Å². The molecule has 1 aliphatic rings. The minimum absolute atomic E-state index is 0.0782. The van der Waals surface area contributed by atoms with Crippen molar-refractivity contribution < 1.29 is 19.4 Å².